The number of methoxy groups -OCH3 is 1. The molecule has 0 radical (unpaired) electrons. The predicted octanol–water partition coefficient (Wildman–Crippen LogP) is 2.92. The van der Waals surface area contributed by atoms with E-state index in [4.69, 9.17) is 4.74 Å². The topological polar surface area (TPSA) is 93.7 Å². The number of alkyl carbamates (subject to hydrolysis) is 1. The number of amides is 2. The first-order chi connectivity index (χ1) is 14.0. The summed E-state index contributed by atoms with van der Waals surface area (Å²) in [6.07, 6.45) is 2.93. The first kappa shape index (κ1) is 21.7. The highest BCUT2D eigenvalue weighted by atomic mass is 16.5. The lowest BCUT2D eigenvalue weighted by Gasteiger charge is -2.13. The van der Waals surface area contributed by atoms with Crippen LogP contribution in [-0.4, -0.2) is 37.7 Å². The number of nitrogens with one attached hydrogen (secondary N) is 2. The Bertz CT molecular complexity index is 847. The number of hydrogen-bond acceptors (Lipinski definition) is 5. The lowest BCUT2D eigenvalue weighted by Crippen LogP contribution is -2.45. The van der Waals surface area contributed by atoms with Gasteiger partial charge < -0.3 is 20.1 Å². The van der Waals surface area contributed by atoms with Crippen molar-refractivity contribution in [2.75, 3.05) is 13.7 Å². The minimum Gasteiger partial charge on any atom is -0.465 e. The molecular formula is C22H24N2O5. The van der Waals surface area contributed by atoms with Crippen molar-refractivity contribution in [3.63, 3.8) is 0 Å². The summed E-state index contributed by atoms with van der Waals surface area (Å²) in [6.45, 7) is 2.01. The maximum atomic E-state index is 12.1. The molecule has 0 saturated heterocycles. The van der Waals surface area contributed by atoms with Crippen LogP contribution >= 0.6 is 0 Å². The van der Waals surface area contributed by atoms with Crippen LogP contribution in [0.2, 0.25) is 0 Å². The molecule has 7 heteroatoms. The summed E-state index contributed by atoms with van der Waals surface area (Å²) in [5.41, 5.74) is 2.21. The highest BCUT2D eigenvalue weighted by Gasteiger charge is 2.15. The number of rotatable bonds is 8. The molecule has 2 amide bonds. The molecule has 0 spiro atoms. The molecule has 0 saturated carbocycles. The molecule has 2 aromatic rings. The minimum absolute atomic E-state index is 0.137. The second-order valence-corrected chi connectivity index (χ2v) is 6.19. The first-order valence-corrected chi connectivity index (χ1v) is 9.09. The number of hydrogen-bond donors (Lipinski definition) is 2. The Kier molecular flexibility index (Phi) is 8.44. The minimum atomic E-state index is -0.731. The van der Waals surface area contributed by atoms with Gasteiger partial charge in [-0.15, -0.1) is 0 Å². The zero-order chi connectivity index (χ0) is 21.1. The van der Waals surface area contributed by atoms with Crippen molar-refractivity contribution >= 4 is 24.0 Å². The van der Waals surface area contributed by atoms with Crippen LogP contribution in [-0.2, 0) is 20.9 Å². The molecule has 0 aliphatic rings. The van der Waals surface area contributed by atoms with Crippen LogP contribution in [0.4, 0.5) is 4.79 Å². The highest BCUT2D eigenvalue weighted by molar-refractivity contribution is 5.89. The van der Waals surface area contributed by atoms with Gasteiger partial charge in [0, 0.05) is 6.54 Å². The molecule has 29 heavy (non-hydrogen) atoms. The fraction of sp³-hybridized carbons (Fsp3) is 0.227. The van der Waals surface area contributed by atoms with Crippen LogP contribution in [0.3, 0.4) is 0 Å². The van der Waals surface area contributed by atoms with Gasteiger partial charge in [0.25, 0.3) is 0 Å². The average molecular weight is 396 g/mol. The van der Waals surface area contributed by atoms with Crippen LogP contribution in [0.1, 0.15) is 28.4 Å². The van der Waals surface area contributed by atoms with Crippen LogP contribution in [0, 0.1) is 0 Å². The number of esters is 1. The van der Waals surface area contributed by atoms with Crippen LogP contribution in [0.25, 0.3) is 6.08 Å². The normalized spacial score (nSPS) is 11.5. The Morgan fingerprint density at radius 3 is 2.38 bits per heavy atom. The summed E-state index contributed by atoms with van der Waals surface area (Å²) in [7, 11) is 1.33. The second kappa shape index (κ2) is 11.3. The molecule has 152 valence electrons. The zero-order valence-electron chi connectivity index (χ0n) is 16.4. The van der Waals surface area contributed by atoms with E-state index in [1.165, 1.54) is 7.11 Å². The second-order valence-electron chi connectivity index (χ2n) is 6.19. The molecule has 2 aromatic carbocycles. The van der Waals surface area contributed by atoms with Crippen LogP contribution < -0.4 is 10.6 Å². The van der Waals surface area contributed by atoms with Crippen LogP contribution in [0.15, 0.2) is 60.7 Å². The molecule has 1 atom stereocenters. The summed E-state index contributed by atoms with van der Waals surface area (Å²) in [4.78, 5) is 35.2. The highest BCUT2D eigenvalue weighted by Crippen LogP contribution is 2.07. The van der Waals surface area contributed by atoms with E-state index < -0.39 is 18.1 Å². The monoisotopic (exact) mass is 396 g/mol. The largest absolute Gasteiger partial charge is 0.465 e. The van der Waals surface area contributed by atoms with Gasteiger partial charge in [0.1, 0.15) is 12.6 Å². The Morgan fingerprint density at radius 1 is 1.03 bits per heavy atom. The van der Waals surface area contributed by atoms with Crippen molar-refractivity contribution in [3.05, 3.63) is 77.4 Å². The van der Waals surface area contributed by atoms with Crippen molar-refractivity contribution in [1.29, 1.82) is 0 Å². The maximum Gasteiger partial charge on any atom is 0.408 e. The third-order valence-electron chi connectivity index (χ3n) is 3.98. The van der Waals surface area contributed by atoms with E-state index >= 15 is 0 Å². The van der Waals surface area contributed by atoms with E-state index in [2.05, 4.69) is 15.4 Å². The summed E-state index contributed by atoms with van der Waals surface area (Å²) < 4.78 is 9.74. The fourth-order valence-electron chi connectivity index (χ4n) is 2.36. The molecule has 0 heterocycles. The van der Waals surface area contributed by atoms with Crippen LogP contribution in [0.5, 0.6) is 0 Å². The quantitative estimate of drug-likeness (QED) is 0.669. The summed E-state index contributed by atoms with van der Waals surface area (Å²) in [5, 5.41) is 5.19. The predicted molar refractivity (Wildman–Crippen MR) is 109 cm³/mol. The van der Waals surface area contributed by atoms with E-state index in [0.717, 1.165) is 11.1 Å². The lowest BCUT2D eigenvalue weighted by molar-refractivity contribution is -0.122. The molecule has 0 aliphatic heterocycles. The molecule has 0 bridgehead atoms. The van der Waals surface area contributed by atoms with Gasteiger partial charge in [-0.25, -0.2) is 9.59 Å². The van der Waals surface area contributed by atoms with Gasteiger partial charge in [0.2, 0.25) is 5.91 Å². The third-order valence-corrected chi connectivity index (χ3v) is 3.98. The Hall–Kier alpha value is -3.61. The Morgan fingerprint density at radius 2 is 1.72 bits per heavy atom. The van der Waals surface area contributed by atoms with Gasteiger partial charge in [-0.1, -0.05) is 54.6 Å². The summed E-state index contributed by atoms with van der Waals surface area (Å²) in [5.74, 6) is -0.719. The molecule has 0 aromatic heterocycles. The van der Waals surface area contributed by atoms with Gasteiger partial charge in [-0.2, -0.15) is 0 Å². The standard InChI is InChI=1S/C22H24N2O5/c1-16(24-22(27)29-15-18-7-4-3-5-8-18)20(25)23-14-6-9-17-10-12-19(13-11-17)21(26)28-2/h3-13,16H,14-15H2,1-2H3,(H,23,25)(H,24,27)/t16-/m1/s1. The van der Waals surface area contributed by atoms with E-state index in [-0.39, 0.29) is 12.5 Å². The van der Waals surface area contributed by atoms with E-state index in [0.29, 0.717) is 12.1 Å². The zero-order valence-corrected chi connectivity index (χ0v) is 16.4. The van der Waals surface area contributed by atoms with Crippen molar-refractivity contribution in [1.82, 2.24) is 10.6 Å². The lowest BCUT2D eigenvalue weighted by atomic mass is 10.1. The van der Waals surface area contributed by atoms with Gasteiger partial charge in [0.15, 0.2) is 0 Å². The van der Waals surface area contributed by atoms with Gasteiger partial charge in [-0.05, 0) is 30.2 Å². The molecule has 0 fully saturated rings. The van der Waals surface area contributed by atoms with Crippen molar-refractivity contribution < 1.29 is 23.9 Å². The first-order valence-electron chi connectivity index (χ1n) is 9.09. The molecular weight excluding hydrogens is 372 g/mol. The van der Waals surface area contributed by atoms with E-state index in [1.807, 2.05) is 36.4 Å². The SMILES string of the molecule is COC(=O)c1ccc(C=CCNC(=O)[C@@H](C)NC(=O)OCc2ccccc2)cc1. The Balaban J connectivity index is 1.70. The molecule has 2 rings (SSSR count). The fourth-order valence-corrected chi connectivity index (χ4v) is 2.36. The van der Waals surface area contributed by atoms with Gasteiger partial charge >= 0.3 is 12.1 Å². The summed E-state index contributed by atoms with van der Waals surface area (Å²) in [6, 6.07) is 15.4. The van der Waals surface area contributed by atoms with E-state index in [9.17, 15) is 14.4 Å². The van der Waals surface area contributed by atoms with Crippen molar-refractivity contribution in [2.45, 2.75) is 19.6 Å². The van der Waals surface area contributed by atoms with Crippen molar-refractivity contribution in [2.24, 2.45) is 0 Å². The number of ether oxygens (including phenoxy) is 2. The van der Waals surface area contributed by atoms with E-state index in [1.54, 1.807) is 37.3 Å². The molecule has 7 nitrogen and oxygen atoms in total. The third kappa shape index (κ3) is 7.50. The van der Waals surface area contributed by atoms with Gasteiger partial charge in [-0.3, -0.25) is 4.79 Å². The number of benzene rings is 2. The smallest absolute Gasteiger partial charge is 0.408 e. The number of carbonyl (C=O) groups excluding carboxylic acids is 3. The maximum absolute atomic E-state index is 12.1. The summed E-state index contributed by atoms with van der Waals surface area (Å²) >= 11 is 0. The number of carbonyl (C=O) groups is 3. The van der Waals surface area contributed by atoms with Crippen molar-refractivity contribution in [3.8, 4) is 0 Å². The molecule has 0 unspecified atom stereocenters. The average Bonchev–Trinajstić information content (AvgIpc) is 2.75. The van der Waals surface area contributed by atoms with Gasteiger partial charge in [0.05, 0.1) is 12.7 Å². The Labute approximate surface area is 169 Å². The molecule has 0 aliphatic carbocycles. The molecule has 2 N–H and O–H groups in total.